The van der Waals surface area contributed by atoms with E-state index >= 15 is 0 Å². The first-order valence-electron chi connectivity index (χ1n) is 8.88. The third-order valence-corrected chi connectivity index (χ3v) is 4.47. The Hall–Kier alpha value is -0.260. The van der Waals surface area contributed by atoms with E-state index in [-0.39, 0.29) is 0 Å². The Morgan fingerprint density at radius 3 is 1.63 bits per heavy atom. The zero-order valence-corrected chi connectivity index (χ0v) is 13.9. The van der Waals surface area contributed by atoms with Crippen LogP contribution in [-0.2, 0) is 0 Å². The van der Waals surface area contributed by atoms with Crippen LogP contribution in [0.15, 0.2) is 12.7 Å². The van der Waals surface area contributed by atoms with Gasteiger partial charge in [0.05, 0.1) is 0 Å². The smallest absolute Gasteiger partial charge is 0.0236 e. The van der Waals surface area contributed by atoms with Gasteiger partial charge in [-0.05, 0) is 24.7 Å². The fourth-order valence-corrected chi connectivity index (χ4v) is 2.88. The molecule has 0 aliphatic carbocycles. The van der Waals surface area contributed by atoms with Gasteiger partial charge in [-0.3, -0.25) is 0 Å². The molecule has 0 heterocycles. The van der Waals surface area contributed by atoms with Crippen molar-refractivity contribution in [1.82, 2.24) is 0 Å². The van der Waals surface area contributed by atoms with Gasteiger partial charge in [0, 0.05) is 0 Å². The van der Waals surface area contributed by atoms with Gasteiger partial charge >= 0.3 is 0 Å². The van der Waals surface area contributed by atoms with E-state index in [0.29, 0.717) is 5.92 Å². The Kier molecular flexibility index (Phi) is 14.0. The number of allylic oxidation sites excluding steroid dienone is 1. The van der Waals surface area contributed by atoms with Crippen LogP contribution in [0.5, 0.6) is 0 Å². The zero-order chi connectivity index (χ0) is 14.3. The molecule has 0 N–H and O–H groups in total. The van der Waals surface area contributed by atoms with E-state index in [2.05, 4.69) is 33.4 Å². The number of unbranched alkanes of at least 4 members (excludes halogenated alkanes) is 8. The summed E-state index contributed by atoms with van der Waals surface area (Å²) in [5.41, 5.74) is 0. The molecule has 0 aromatic rings. The summed E-state index contributed by atoms with van der Waals surface area (Å²) in [4.78, 5) is 0. The summed E-state index contributed by atoms with van der Waals surface area (Å²) in [5, 5.41) is 0. The molecular formula is C19H38. The van der Waals surface area contributed by atoms with Crippen molar-refractivity contribution in [2.45, 2.75) is 97.8 Å². The lowest BCUT2D eigenvalue weighted by molar-refractivity contribution is 0.337. The van der Waals surface area contributed by atoms with Gasteiger partial charge in [-0.1, -0.05) is 91.1 Å². The van der Waals surface area contributed by atoms with E-state index < -0.39 is 0 Å². The van der Waals surface area contributed by atoms with Crippen LogP contribution in [0.4, 0.5) is 0 Å². The zero-order valence-electron chi connectivity index (χ0n) is 13.9. The SMILES string of the molecule is C=CC(C)C(CCCCCC)CCCCCCCC. The molecule has 0 rings (SSSR count). The fraction of sp³-hybridized carbons (Fsp3) is 0.895. The van der Waals surface area contributed by atoms with Crippen molar-refractivity contribution in [2.24, 2.45) is 11.8 Å². The predicted octanol–water partition coefficient (Wildman–Crippen LogP) is 7.15. The van der Waals surface area contributed by atoms with Crippen LogP contribution >= 0.6 is 0 Å². The third-order valence-electron chi connectivity index (χ3n) is 4.47. The normalized spacial score (nSPS) is 14.3. The second-order valence-electron chi connectivity index (χ2n) is 6.26. The minimum Gasteiger partial charge on any atom is -0.103 e. The van der Waals surface area contributed by atoms with Crippen LogP contribution in [0, 0.1) is 11.8 Å². The minimum atomic E-state index is 0.706. The van der Waals surface area contributed by atoms with Crippen molar-refractivity contribution in [3.05, 3.63) is 12.7 Å². The topological polar surface area (TPSA) is 0 Å². The Bertz CT molecular complexity index is 182. The molecule has 0 fully saturated rings. The van der Waals surface area contributed by atoms with E-state index in [9.17, 15) is 0 Å². The molecule has 0 radical (unpaired) electrons. The van der Waals surface area contributed by atoms with Crippen LogP contribution in [0.3, 0.4) is 0 Å². The molecule has 0 saturated carbocycles. The Balaban J connectivity index is 3.71. The predicted molar refractivity (Wildman–Crippen MR) is 89.6 cm³/mol. The Labute approximate surface area is 123 Å². The van der Waals surface area contributed by atoms with Crippen molar-refractivity contribution >= 4 is 0 Å². The standard InChI is InChI=1S/C19H38/c1-5-8-10-12-13-15-17-19(18(4)7-3)16-14-11-9-6-2/h7,18-19H,3,5-6,8-17H2,1-2,4H3. The van der Waals surface area contributed by atoms with Gasteiger partial charge in [-0.25, -0.2) is 0 Å². The van der Waals surface area contributed by atoms with Crippen molar-refractivity contribution in [1.29, 1.82) is 0 Å². The van der Waals surface area contributed by atoms with Crippen molar-refractivity contribution < 1.29 is 0 Å². The van der Waals surface area contributed by atoms with Gasteiger partial charge < -0.3 is 0 Å². The van der Waals surface area contributed by atoms with Gasteiger partial charge in [0.1, 0.15) is 0 Å². The Morgan fingerprint density at radius 2 is 1.16 bits per heavy atom. The summed E-state index contributed by atoms with van der Waals surface area (Å²) in [5.74, 6) is 1.60. The number of hydrogen-bond donors (Lipinski definition) is 0. The summed E-state index contributed by atoms with van der Waals surface area (Å²) < 4.78 is 0. The van der Waals surface area contributed by atoms with Crippen molar-refractivity contribution in [2.75, 3.05) is 0 Å². The van der Waals surface area contributed by atoms with E-state index in [1.165, 1.54) is 77.0 Å². The maximum absolute atomic E-state index is 3.99. The van der Waals surface area contributed by atoms with Crippen LogP contribution in [0.25, 0.3) is 0 Å². The molecule has 0 aromatic heterocycles. The molecule has 0 bridgehead atoms. The lowest BCUT2D eigenvalue weighted by Gasteiger charge is -2.21. The molecule has 114 valence electrons. The van der Waals surface area contributed by atoms with E-state index in [1.54, 1.807) is 0 Å². The quantitative estimate of drug-likeness (QED) is 0.231. The van der Waals surface area contributed by atoms with Gasteiger partial charge in [0.25, 0.3) is 0 Å². The average molecular weight is 267 g/mol. The molecule has 0 heteroatoms. The molecule has 19 heavy (non-hydrogen) atoms. The lowest BCUT2D eigenvalue weighted by atomic mass is 9.84. The second kappa shape index (κ2) is 14.2. The maximum atomic E-state index is 3.99. The van der Waals surface area contributed by atoms with E-state index in [4.69, 9.17) is 0 Å². The highest BCUT2D eigenvalue weighted by Gasteiger charge is 2.13. The molecule has 0 amide bonds. The fourth-order valence-electron chi connectivity index (χ4n) is 2.88. The molecule has 0 aromatic carbocycles. The monoisotopic (exact) mass is 266 g/mol. The van der Waals surface area contributed by atoms with Gasteiger partial charge in [-0.2, -0.15) is 0 Å². The van der Waals surface area contributed by atoms with Crippen LogP contribution in [-0.4, -0.2) is 0 Å². The first kappa shape index (κ1) is 18.7. The highest BCUT2D eigenvalue weighted by molar-refractivity contribution is 4.81. The maximum Gasteiger partial charge on any atom is -0.0236 e. The first-order valence-corrected chi connectivity index (χ1v) is 8.88. The van der Waals surface area contributed by atoms with Crippen LogP contribution < -0.4 is 0 Å². The average Bonchev–Trinajstić information content (AvgIpc) is 2.44. The largest absolute Gasteiger partial charge is 0.103 e. The second-order valence-corrected chi connectivity index (χ2v) is 6.26. The molecule has 0 saturated heterocycles. The summed E-state index contributed by atoms with van der Waals surface area (Å²) in [6, 6.07) is 0. The lowest BCUT2D eigenvalue weighted by Crippen LogP contribution is -2.09. The number of rotatable bonds is 14. The van der Waals surface area contributed by atoms with Crippen LogP contribution in [0.2, 0.25) is 0 Å². The summed E-state index contributed by atoms with van der Waals surface area (Å²) in [6.45, 7) is 10.9. The Morgan fingerprint density at radius 1 is 0.737 bits per heavy atom. The summed E-state index contributed by atoms with van der Waals surface area (Å²) >= 11 is 0. The van der Waals surface area contributed by atoms with Gasteiger partial charge in [-0.15, -0.1) is 6.58 Å². The molecule has 0 aliphatic rings. The molecule has 0 aliphatic heterocycles. The van der Waals surface area contributed by atoms with Crippen LogP contribution in [0.1, 0.15) is 97.8 Å². The van der Waals surface area contributed by atoms with Crippen molar-refractivity contribution in [3.63, 3.8) is 0 Å². The third kappa shape index (κ3) is 11.3. The highest BCUT2D eigenvalue weighted by atomic mass is 14.2. The minimum absolute atomic E-state index is 0.706. The van der Waals surface area contributed by atoms with Gasteiger partial charge in [0.2, 0.25) is 0 Å². The molecule has 2 unspecified atom stereocenters. The highest BCUT2D eigenvalue weighted by Crippen LogP contribution is 2.26. The molecule has 0 nitrogen and oxygen atoms in total. The van der Waals surface area contributed by atoms with Gasteiger partial charge in [0.15, 0.2) is 0 Å². The first-order chi connectivity index (χ1) is 9.26. The number of hydrogen-bond acceptors (Lipinski definition) is 0. The van der Waals surface area contributed by atoms with Crippen molar-refractivity contribution in [3.8, 4) is 0 Å². The summed E-state index contributed by atoms with van der Waals surface area (Å²) in [6.07, 6.45) is 19.1. The van der Waals surface area contributed by atoms with E-state index in [1.807, 2.05) is 0 Å². The molecule has 2 atom stereocenters. The molecule has 0 spiro atoms. The summed E-state index contributed by atoms with van der Waals surface area (Å²) in [7, 11) is 0. The van der Waals surface area contributed by atoms with E-state index in [0.717, 1.165) is 5.92 Å². The molecular weight excluding hydrogens is 228 g/mol.